The topological polar surface area (TPSA) is 55.6 Å². The molecule has 0 saturated carbocycles. The van der Waals surface area contributed by atoms with E-state index in [2.05, 4.69) is 9.72 Å². The largest absolute Gasteiger partial charge is 0.497 e. The number of amides is 1. The molecule has 0 unspecified atom stereocenters. The molecule has 2 aromatic carbocycles. The summed E-state index contributed by atoms with van der Waals surface area (Å²) < 4.78 is 8.32. The average Bonchev–Trinajstić information content (AvgIpc) is 3.19. The average molecular weight is 351 g/mol. The van der Waals surface area contributed by atoms with Crippen LogP contribution in [0.2, 0.25) is 0 Å². The lowest BCUT2D eigenvalue weighted by molar-refractivity contribution is 0.0956. The van der Waals surface area contributed by atoms with Crippen LogP contribution in [0.3, 0.4) is 0 Å². The molecular formula is C19H17N3O2S. The maximum atomic E-state index is 12.0. The van der Waals surface area contributed by atoms with E-state index in [1.54, 1.807) is 18.4 Å². The van der Waals surface area contributed by atoms with Gasteiger partial charge in [-0.25, -0.2) is 4.98 Å². The molecule has 0 radical (unpaired) electrons. The lowest BCUT2D eigenvalue weighted by atomic mass is 10.1. The van der Waals surface area contributed by atoms with Crippen molar-refractivity contribution in [2.45, 2.75) is 6.92 Å². The van der Waals surface area contributed by atoms with E-state index in [1.165, 1.54) is 0 Å². The highest BCUT2D eigenvalue weighted by molar-refractivity contribution is 7.23. The number of methoxy groups -OCH3 is 1. The Morgan fingerprint density at radius 1 is 1.24 bits per heavy atom. The lowest BCUT2D eigenvalue weighted by Crippen LogP contribution is -2.22. The van der Waals surface area contributed by atoms with Crippen molar-refractivity contribution in [2.75, 3.05) is 13.7 Å². The normalized spacial score (nSPS) is 11.1. The molecule has 0 atom stereocenters. The van der Waals surface area contributed by atoms with Crippen molar-refractivity contribution in [1.82, 2.24) is 14.7 Å². The highest BCUT2D eigenvalue weighted by atomic mass is 32.1. The van der Waals surface area contributed by atoms with Crippen LogP contribution in [-0.4, -0.2) is 28.9 Å². The highest BCUT2D eigenvalue weighted by Crippen LogP contribution is 2.30. The van der Waals surface area contributed by atoms with Gasteiger partial charge in [0, 0.05) is 23.9 Å². The number of carbonyl (C=O) groups excluding carboxylic acids is 1. The first-order chi connectivity index (χ1) is 12.2. The van der Waals surface area contributed by atoms with Crippen LogP contribution in [0.4, 0.5) is 0 Å². The Balaban J connectivity index is 1.75. The fourth-order valence-corrected chi connectivity index (χ4v) is 3.85. The predicted octanol–water partition coefficient (Wildman–Crippen LogP) is 3.97. The first kappa shape index (κ1) is 15.7. The standard InChI is InChI=1S/C19H17N3O2S/c1-3-20-18(23)13-6-9-16-17(10-13)25-19-21-15(11-22(16)19)12-4-7-14(24-2)8-5-12/h4-11H,3H2,1-2H3,(H,20,23). The molecule has 0 saturated heterocycles. The monoisotopic (exact) mass is 351 g/mol. The molecule has 4 rings (SSSR count). The third kappa shape index (κ3) is 2.74. The van der Waals surface area contributed by atoms with Crippen molar-refractivity contribution in [3.05, 3.63) is 54.2 Å². The number of benzene rings is 2. The van der Waals surface area contributed by atoms with E-state index in [0.717, 1.165) is 32.2 Å². The van der Waals surface area contributed by atoms with Crippen molar-refractivity contribution in [3.8, 4) is 17.0 Å². The number of hydrogen-bond acceptors (Lipinski definition) is 4. The number of imidazole rings is 1. The minimum absolute atomic E-state index is 0.0469. The molecule has 126 valence electrons. The Labute approximate surface area is 148 Å². The van der Waals surface area contributed by atoms with E-state index < -0.39 is 0 Å². The molecule has 0 aliphatic heterocycles. The number of nitrogens with one attached hydrogen (secondary N) is 1. The van der Waals surface area contributed by atoms with Gasteiger partial charge < -0.3 is 10.1 Å². The number of rotatable bonds is 4. The van der Waals surface area contributed by atoms with Crippen molar-refractivity contribution in [1.29, 1.82) is 0 Å². The van der Waals surface area contributed by atoms with Gasteiger partial charge in [-0.3, -0.25) is 9.20 Å². The highest BCUT2D eigenvalue weighted by Gasteiger charge is 2.12. The second kappa shape index (κ2) is 6.22. The van der Waals surface area contributed by atoms with E-state index in [4.69, 9.17) is 9.72 Å². The van der Waals surface area contributed by atoms with Crippen LogP contribution in [0.5, 0.6) is 5.75 Å². The van der Waals surface area contributed by atoms with Crippen LogP contribution in [0.15, 0.2) is 48.7 Å². The molecule has 1 amide bonds. The number of hydrogen-bond donors (Lipinski definition) is 1. The summed E-state index contributed by atoms with van der Waals surface area (Å²) in [5.74, 6) is 0.780. The fourth-order valence-electron chi connectivity index (χ4n) is 2.81. The molecule has 0 bridgehead atoms. The minimum Gasteiger partial charge on any atom is -0.497 e. The van der Waals surface area contributed by atoms with Crippen LogP contribution >= 0.6 is 11.3 Å². The van der Waals surface area contributed by atoms with Crippen LogP contribution in [0.1, 0.15) is 17.3 Å². The summed E-state index contributed by atoms with van der Waals surface area (Å²) in [5.41, 5.74) is 3.70. The summed E-state index contributed by atoms with van der Waals surface area (Å²) >= 11 is 1.58. The second-order valence-corrected chi connectivity index (χ2v) is 6.66. The van der Waals surface area contributed by atoms with E-state index >= 15 is 0 Å². The first-order valence-corrected chi connectivity index (χ1v) is 8.85. The maximum absolute atomic E-state index is 12.0. The molecule has 0 spiro atoms. The van der Waals surface area contributed by atoms with Crippen LogP contribution in [0.25, 0.3) is 26.4 Å². The Bertz CT molecular complexity index is 1060. The molecule has 0 fully saturated rings. The number of thiazole rings is 1. The van der Waals surface area contributed by atoms with Crippen LogP contribution in [0, 0.1) is 0 Å². The minimum atomic E-state index is -0.0469. The van der Waals surface area contributed by atoms with Crippen LogP contribution in [-0.2, 0) is 0 Å². The molecule has 25 heavy (non-hydrogen) atoms. The second-order valence-electron chi connectivity index (χ2n) is 5.65. The summed E-state index contributed by atoms with van der Waals surface area (Å²) in [5, 5.41) is 2.83. The molecule has 2 aromatic heterocycles. The maximum Gasteiger partial charge on any atom is 0.251 e. The number of carbonyl (C=O) groups is 1. The summed E-state index contributed by atoms with van der Waals surface area (Å²) in [6.45, 7) is 2.53. The molecule has 0 aliphatic rings. The van der Waals surface area contributed by atoms with Crippen molar-refractivity contribution < 1.29 is 9.53 Å². The molecule has 4 aromatic rings. The third-order valence-electron chi connectivity index (χ3n) is 4.08. The first-order valence-electron chi connectivity index (χ1n) is 8.04. The Morgan fingerprint density at radius 2 is 2.04 bits per heavy atom. The van der Waals surface area contributed by atoms with Gasteiger partial charge in [0.1, 0.15) is 5.75 Å². The molecule has 1 N–H and O–H groups in total. The SMILES string of the molecule is CCNC(=O)c1ccc2c(c1)sc1nc(-c3ccc(OC)cc3)cn12. The number of aromatic nitrogens is 2. The van der Waals surface area contributed by atoms with Gasteiger partial charge in [0.05, 0.1) is 23.0 Å². The third-order valence-corrected chi connectivity index (χ3v) is 5.10. The van der Waals surface area contributed by atoms with Gasteiger partial charge in [0.25, 0.3) is 5.91 Å². The van der Waals surface area contributed by atoms with Crippen molar-refractivity contribution in [2.24, 2.45) is 0 Å². The van der Waals surface area contributed by atoms with Gasteiger partial charge in [0.2, 0.25) is 0 Å². The number of nitrogens with zero attached hydrogens (tertiary/aromatic N) is 2. The number of fused-ring (bicyclic) bond motifs is 3. The van der Waals surface area contributed by atoms with Crippen molar-refractivity contribution in [3.63, 3.8) is 0 Å². The summed E-state index contributed by atoms with van der Waals surface area (Å²) in [6, 6.07) is 13.6. The predicted molar refractivity (Wildman–Crippen MR) is 101 cm³/mol. The lowest BCUT2D eigenvalue weighted by Gasteiger charge is -2.02. The zero-order chi connectivity index (χ0) is 17.4. The molecule has 5 nitrogen and oxygen atoms in total. The van der Waals surface area contributed by atoms with E-state index in [-0.39, 0.29) is 5.91 Å². The van der Waals surface area contributed by atoms with Gasteiger partial charge >= 0.3 is 0 Å². The summed E-state index contributed by atoms with van der Waals surface area (Å²) in [4.78, 5) is 17.6. The zero-order valence-corrected chi connectivity index (χ0v) is 14.8. The summed E-state index contributed by atoms with van der Waals surface area (Å²) in [6.07, 6.45) is 2.03. The smallest absolute Gasteiger partial charge is 0.251 e. The van der Waals surface area contributed by atoms with Gasteiger partial charge in [-0.1, -0.05) is 11.3 Å². The molecular weight excluding hydrogens is 334 g/mol. The Kier molecular flexibility index (Phi) is 3.89. The summed E-state index contributed by atoms with van der Waals surface area (Å²) in [7, 11) is 1.66. The van der Waals surface area contributed by atoms with Gasteiger partial charge in [0.15, 0.2) is 4.96 Å². The molecule has 6 heteroatoms. The van der Waals surface area contributed by atoms with Gasteiger partial charge in [-0.05, 0) is 49.4 Å². The van der Waals surface area contributed by atoms with Gasteiger partial charge in [-0.2, -0.15) is 0 Å². The zero-order valence-electron chi connectivity index (χ0n) is 13.9. The van der Waals surface area contributed by atoms with E-state index in [0.29, 0.717) is 12.1 Å². The Morgan fingerprint density at radius 3 is 2.76 bits per heavy atom. The molecule has 2 heterocycles. The fraction of sp³-hybridized carbons (Fsp3) is 0.158. The van der Waals surface area contributed by atoms with E-state index in [1.807, 2.05) is 55.6 Å². The van der Waals surface area contributed by atoms with Crippen LogP contribution < -0.4 is 10.1 Å². The Hall–Kier alpha value is -2.86. The quantitative estimate of drug-likeness (QED) is 0.605. The molecule has 0 aliphatic carbocycles. The van der Waals surface area contributed by atoms with Gasteiger partial charge in [-0.15, -0.1) is 0 Å². The number of ether oxygens (including phenoxy) is 1. The van der Waals surface area contributed by atoms with Crippen molar-refractivity contribution >= 4 is 32.4 Å². The van der Waals surface area contributed by atoms with E-state index in [9.17, 15) is 4.79 Å².